The van der Waals surface area contributed by atoms with Gasteiger partial charge >= 0.3 is 0 Å². The molecule has 0 spiro atoms. The van der Waals surface area contributed by atoms with Crippen molar-refractivity contribution in [2.75, 3.05) is 6.54 Å². The zero-order valence-electron chi connectivity index (χ0n) is 11.0. The summed E-state index contributed by atoms with van der Waals surface area (Å²) in [5.41, 5.74) is 1.51. The molecular weight excluding hydrogens is 298 g/mol. The molecule has 0 aliphatic rings. The van der Waals surface area contributed by atoms with Crippen LogP contribution in [0.4, 0.5) is 4.39 Å². The summed E-state index contributed by atoms with van der Waals surface area (Å²) in [6, 6.07) is 5.90. The molecule has 0 aliphatic carbocycles. The molecule has 0 aliphatic heterocycles. The molecule has 1 atom stereocenters. The van der Waals surface area contributed by atoms with E-state index in [4.69, 9.17) is 23.2 Å². The number of hydrogen-bond donors (Lipinski definition) is 1. The summed E-state index contributed by atoms with van der Waals surface area (Å²) >= 11 is 12.4. The van der Waals surface area contributed by atoms with Gasteiger partial charge in [0.05, 0.1) is 11.1 Å². The Morgan fingerprint density at radius 3 is 2.70 bits per heavy atom. The van der Waals surface area contributed by atoms with E-state index < -0.39 is 0 Å². The van der Waals surface area contributed by atoms with Gasteiger partial charge in [0.15, 0.2) is 0 Å². The molecule has 106 valence electrons. The van der Waals surface area contributed by atoms with Crippen LogP contribution in [0.15, 0.2) is 36.7 Å². The quantitative estimate of drug-likeness (QED) is 0.871. The van der Waals surface area contributed by atoms with Gasteiger partial charge in [-0.05, 0) is 48.4 Å². The van der Waals surface area contributed by atoms with Crippen LogP contribution in [-0.4, -0.2) is 11.5 Å². The largest absolute Gasteiger partial charge is 0.306 e. The molecule has 2 nitrogen and oxygen atoms in total. The second-order valence-corrected chi connectivity index (χ2v) is 5.26. The van der Waals surface area contributed by atoms with Crippen LogP contribution in [-0.2, 0) is 0 Å². The van der Waals surface area contributed by atoms with Crippen LogP contribution in [0.1, 0.15) is 30.5 Å². The van der Waals surface area contributed by atoms with E-state index in [2.05, 4.69) is 17.2 Å². The summed E-state index contributed by atoms with van der Waals surface area (Å²) in [4.78, 5) is 3.97. The van der Waals surface area contributed by atoms with E-state index in [0.717, 1.165) is 18.5 Å². The molecule has 1 aromatic heterocycles. The maximum atomic E-state index is 13.5. The minimum absolute atomic E-state index is 0.256. The van der Waals surface area contributed by atoms with Crippen molar-refractivity contribution < 1.29 is 4.39 Å². The average Bonchev–Trinajstić information content (AvgIpc) is 2.44. The highest BCUT2D eigenvalue weighted by molar-refractivity contribution is 6.32. The van der Waals surface area contributed by atoms with Gasteiger partial charge in [-0.2, -0.15) is 0 Å². The van der Waals surface area contributed by atoms with Crippen molar-refractivity contribution in [1.82, 2.24) is 10.3 Å². The first-order valence-corrected chi connectivity index (χ1v) is 7.16. The maximum absolute atomic E-state index is 13.5. The molecule has 1 unspecified atom stereocenters. The number of benzene rings is 1. The number of rotatable bonds is 5. The first-order valence-electron chi connectivity index (χ1n) is 6.41. The van der Waals surface area contributed by atoms with Gasteiger partial charge < -0.3 is 5.32 Å². The Hall–Kier alpha value is -1.16. The fraction of sp³-hybridized carbons (Fsp3) is 0.267. The molecule has 20 heavy (non-hydrogen) atoms. The lowest BCUT2D eigenvalue weighted by molar-refractivity contribution is 0.585. The van der Waals surface area contributed by atoms with E-state index in [1.54, 1.807) is 18.5 Å². The zero-order chi connectivity index (χ0) is 14.5. The highest BCUT2D eigenvalue weighted by Crippen LogP contribution is 2.32. The fourth-order valence-corrected chi connectivity index (χ4v) is 2.49. The third-order valence-corrected chi connectivity index (χ3v) is 3.64. The maximum Gasteiger partial charge on any atom is 0.123 e. The van der Waals surface area contributed by atoms with Gasteiger partial charge in [0.25, 0.3) is 0 Å². The van der Waals surface area contributed by atoms with Crippen LogP contribution in [0.3, 0.4) is 0 Å². The average molecular weight is 313 g/mol. The van der Waals surface area contributed by atoms with E-state index >= 15 is 0 Å². The molecule has 1 aromatic carbocycles. The van der Waals surface area contributed by atoms with Gasteiger partial charge in [-0.1, -0.05) is 30.1 Å². The summed E-state index contributed by atoms with van der Waals surface area (Å²) in [5, 5.41) is 4.38. The van der Waals surface area contributed by atoms with Crippen LogP contribution in [0.5, 0.6) is 0 Å². The van der Waals surface area contributed by atoms with Gasteiger partial charge in [-0.15, -0.1) is 0 Å². The first-order chi connectivity index (χ1) is 9.63. The van der Waals surface area contributed by atoms with Crippen LogP contribution in [0.2, 0.25) is 10.0 Å². The Balaban J connectivity index is 2.47. The smallest absolute Gasteiger partial charge is 0.123 e. The number of pyridine rings is 1. The minimum Gasteiger partial charge on any atom is -0.306 e. The third-order valence-electron chi connectivity index (χ3n) is 2.98. The molecular formula is C15H15Cl2FN2. The number of aromatic nitrogens is 1. The Labute approximate surface area is 127 Å². The molecule has 0 bridgehead atoms. The highest BCUT2D eigenvalue weighted by atomic mass is 35.5. The SMILES string of the molecule is CCCNC(c1ccncc1Cl)c1cc(F)ccc1Cl. The fourth-order valence-electron chi connectivity index (χ4n) is 2.03. The van der Waals surface area contributed by atoms with E-state index in [0.29, 0.717) is 15.6 Å². The van der Waals surface area contributed by atoms with Gasteiger partial charge in [-0.3, -0.25) is 4.98 Å². The molecule has 0 saturated heterocycles. The van der Waals surface area contributed by atoms with E-state index in [-0.39, 0.29) is 11.9 Å². The molecule has 1 heterocycles. The highest BCUT2D eigenvalue weighted by Gasteiger charge is 2.19. The molecule has 2 rings (SSSR count). The second kappa shape index (κ2) is 7.02. The number of halogens is 3. The predicted octanol–water partition coefficient (Wildman–Crippen LogP) is 4.62. The monoisotopic (exact) mass is 312 g/mol. The topological polar surface area (TPSA) is 24.9 Å². The van der Waals surface area contributed by atoms with Crippen LogP contribution < -0.4 is 5.32 Å². The van der Waals surface area contributed by atoms with Crippen molar-refractivity contribution in [3.63, 3.8) is 0 Å². The van der Waals surface area contributed by atoms with E-state index in [1.807, 2.05) is 6.07 Å². The van der Waals surface area contributed by atoms with Crippen molar-refractivity contribution in [2.45, 2.75) is 19.4 Å². The second-order valence-electron chi connectivity index (χ2n) is 4.45. The molecule has 0 saturated carbocycles. The molecule has 1 N–H and O–H groups in total. The molecule has 5 heteroatoms. The summed E-state index contributed by atoms with van der Waals surface area (Å²) in [6.07, 6.45) is 4.19. The Morgan fingerprint density at radius 2 is 2.00 bits per heavy atom. The van der Waals surface area contributed by atoms with Gasteiger partial charge in [0.2, 0.25) is 0 Å². The number of hydrogen-bond acceptors (Lipinski definition) is 2. The Morgan fingerprint density at radius 1 is 1.20 bits per heavy atom. The lowest BCUT2D eigenvalue weighted by Crippen LogP contribution is -2.24. The molecule has 2 aromatic rings. The van der Waals surface area contributed by atoms with Crippen molar-refractivity contribution in [2.24, 2.45) is 0 Å². The van der Waals surface area contributed by atoms with Crippen molar-refractivity contribution in [3.8, 4) is 0 Å². The van der Waals surface area contributed by atoms with Crippen LogP contribution in [0, 0.1) is 5.82 Å². The van der Waals surface area contributed by atoms with Gasteiger partial charge in [0.1, 0.15) is 5.82 Å². The number of nitrogens with one attached hydrogen (secondary N) is 1. The van der Waals surface area contributed by atoms with E-state index in [9.17, 15) is 4.39 Å². The minimum atomic E-state index is -0.321. The molecule has 0 fully saturated rings. The Kier molecular flexibility index (Phi) is 5.35. The van der Waals surface area contributed by atoms with Crippen molar-refractivity contribution in [3.05, 3.63) is 63.6 Å². The standard InChI is InChI=1S/C15H15Cl2FN2/c1-2-6-20-15(11-5-7-19-9-14(11)17)12-8-10(18)3-4-13(12)16/h3-5,7-9,15,20H,2,6H2,1H3. The molecule has 0 amide bonds. The zero-order valence-corrected chi connectivity index (χ0v) is 12.5. The van der Waals surface area contributed by atoms with Crippen LogP contribution >= 0.6 is 23.2 Å². The predicted molar refractivity (Wildman–Crippen MR) is 80.8 cm³/mol. The lowest BCUT2D eigenvalue weighted by Gasteiger charge is -2.21. The van der Waals surface area contributed by atoms with Crippen molar-refractivity contribution >= 4 is 23.2 Å². The van der Waals surface area contributed by atoms with Gasteiger partial charge in [0, 0.05) is 17.4 Å². The summed E-state index contributed by atoms with van der Waals surface area (Å²) in [5.74, 6) is -0.321. The summed E-state index contributed by atoms with van der Waals surface area (Å²) in [6.45, 7) is 2.83. The number of nitrogens with zero attached hydrogens (tertiary/aromatic N) is 1. The summed E-state index contributed by atoms with van der Waals surface area (Å²) < 4.78 is 13.5. The Bertz CT molecular complexity index is 590. The van der Waals surface area contributed by atoms with Crippen molar-refractivity contribution in [1.29, 1.82) is 0 Å². The first kappa shape index (κ1) is 15.2. The van der Waals surface area contributed by atoms with E-state index in [1.165, 1.54) is 12.1 Å². The third kappa shape index (κ3) is 3.48. The normalized spacial score (nSPS) is 12.4. The summed E-state index contributed by atoms with van der Waals surface area (Å²) in [7, 11) is 0. The van der Waals surface area contributed by atoms with Gasteiger partial charge in [-0.25, -0.2) is 4.39 Å². The van der Waals surface area contributed by atoms with Crippen LogP contribution in [0.25, 0.3) is 0 Å². The molecule has 0 radical (unpaired) electrons. The lowest BCUT2D eigenvalue weighted by atomic mass is 9.99.